The molecule has 2 aromatic carbocycles. The Labute approximate surface area is 153 Å². The fraction of sp³-hybridized carbons (Fsp3) is 0.316. The van der Waals surface area contributed by atoms with Gasteiger partial charge in [0.2, 0.25) is 0 Å². The number of sulfonamides is 1. The third-order valence-electron chi connectivity index (χ3n) is 4.51. The van der Waals surface area contributed by atoms with Crippen LogP contribution in [0.15, 0.2) is 53.4 Å². The first-order chi connectivity index (χ1) is 12.5. The molecule has 0 bridgehead atoms. The van der Waals surface area contributed by atoms with Crippen molar-refractivity contribution in [1.82, 2.24) is 0 Å². The minimum absolute atomic E-state index is 0.0492. The van der Waals surface area contributed by atoms with Crippen molar-refractivity contribution >= 4 is 27.4 Å². The van der Waals surface area contributed by atoms with Crippen molar-refractivity contribution in [2.24, 2.45) is 0 Å². The van der Waals surface area contributed by atoms with Crippen LogP contribution in [0.3, 0.4) is 0 Å². The van der Waals surface area contributed by atoms with Gasteiger partial charge in [0.1, 0.15) is 4.90 Å². The second kappa shape index (κ2) is 7.78. The van der Waals surface area contributed by atoms with Crippen LogP contribution in [0.5, 0.6) is 0 Å². The second-order valence-electron chi connectivity index (χ2n) is 6.47. The van der Waals surface area contributed by atoms with Gasteiger partial charge in [-0.15, -0.1) is 0 Å². The van der Waals surface area contributed by atoms with Crippen LogP contribution in [0.1, 0.15) is 42.5 Å². The van der Waals surface area contributed by atoms with Crippen molar-refractivity contribution in [3.63, 3.8) is 0 Å². The molecule has 0 unspecified atom stereocenters. The van der Waals surface area contributed by atoms with Crippen LogP contribution in [0.25, 0.3) is 0 Å². The molecule has 1 saturated carbocycles. The zero-order chi connectivity index (χ0) is 18.6. The topological polar surface area (TPSA) is 95.5 Å². The van der Waals surface area contributed by atoms with E-state index >= 15 is 0 Å². The number of carbonyl (C=O) groups is 1. The highest BCUT2D eigenvalue weighted by molar-refractivity contribution is 7.92. The van der Waals surface area contributed by atoms with Crippen LogP contribution >= 0.6 is 0 Å². The lowest BCUT2D eigenvalue weighted by Crippen LogP contribution is -2.24. The third-order valence-corrected chi connectivity index (χ3v) is 5.93. The van der Waals surface area contributed by atoms with Gasteiger partial charge in [0.25, 0.3) is 10.0 Å². The van der Waals surface area contributed by atoms with Crippen LogP contribution in [-0.4, -0.2) is 25.5 Å². The summed E-state index contributed by atoms with van der Waals surface area (Å²) in [5, 5.41) is 12.5. The van der Waals surface area contributed by atoms with Crippen LogP contribution in [0.2, 0.25) is 0 Å². The number of hydrogen-bond donors (Lipinski definition) is 3. The van der Waals surface area contributed by atoms with Gasteiger partial charge < -0.3 is 10.4 Å². The number of nitrogens with one attached hydrogen (secondary N) is 2. The largest absolute Gasteiger partial charge is 0.478 e. The van der Waals surface area contributed by atoms with Crippen LogP contribution in [-0.2, 0) is 10.0 Å². The fourth-order valence-electron chi connectivity index (χ4n) is 3.18. The highest BCUT2D eigenvalue weighted by atomic mass is 32.2. The zero-order valence-electron chi connectivity index (χ0n) is 14.3. The molecule has 0 heterocycles. The number of hydrogen-bond acceptors (Lipinski definition) is 4. The van der Waals surface area contributed by atoms with E-state index in [4.69, 9.17) is 0 Å². The Morgan fingerprint density at radius 3 is 2.35 bits per heavy atom. The first kappa shape index (κ1) is 18.3. The summed E-state index contributed by atoms with van der Waals surface area (Å²) in [5.74, 6) is -1.16. The molecule has 1 aliphatic carbocycles. The van der Waals surface area contributed by atoms with Gasteiger partial charge in [-0.1, -0.05) is 37.5 Å². The first-order valence-electron chi connectivity index (χ1n) is 8.67. The van der Waals surface area contributed by atoms with Gasteiger partial charge in [-0.3, -0.25) is 4.72 Å². The number of benzene rings is 2. The van der Waals surface area contributed by atoms with Gasteiger partial charge in [-0.05, 0) is 43.2 Å². The van der Waals surface area contributed by atoms with Gasteiger partial charge >= 0.3 is 5.97 Å². The van der Waals surface area contributed by atoms with Gasteiger partial charge in [0, 0.05) is 11.7 Å². The predicted octanol–water partition coefficient (Wildman–Crippen LogP) is 3.93. The fourth-order valence-corrected chi connectivity index (χ4v) is 4.44. The predicted molar refractivity (Wildman–Crippen MR) is 101 cm³/mol. The monoisotopic (exact) mass is 374 g/mol. The molecule has 0 aliphatic heterocycles. The molecule has 0 saturated heterocycles. The average molecular weight is 374 g/mol. The molecule has 0 amide bonds. The van der Waals surface area contributed by atoms with E-state index < -0.39 is 16.0 Å². The van der Waals surface area contributed by atoms with E-state index in [1.54, 1.807) is 30.3 Å². The average Bonchev–Trinajstić information content (AvgIpc) is 2.63. The molecule has 0 atom stereocenters. The van der Waals surface area contributed by atoms with Crippen LogP contribution in [0, 0.1) is 0 Å². The van der Waals surface area contributed by atoms with Gasteiger partial charge in [-0.25, -0.2) is 13.2 Å². The molecule has 138 valence electrons. The lowest BCUT2D eigenvalue weighted by Gasteiger charge is -2.25. The Kier molecular flexibility index (Phi) is 5.46. The Morgan fingerprint density at radius 2 is 1.69 bits per heavy atom. The van der Waals surface area contributed by atoms with Gasteiger partial charge in [-0.2, -0.15) is 0 Å². The second-order valence-corrected chi connectivity index (χ2v) is 8.12. The lowest BCUT2D eigenvalue weighted by atomic mass is 9.95. The molecular weight excluding hydrogens is 352 g/mol. The molecule has 0 spiro atoms. The van der Waals surface area contributed by atoms with E-state index in [9.17, 15) is 18.3 Å². The molecular formula is C19H22N2O4S. The Morgan fingerprint density at radius 1 is 1.00 bits per heavy atom. The van der Waals surface area contributed by atoms with E-state index in [1.165, 1.54) is 24.6 Å². The van der Waals surface area contributed by atoms with Crippen molar-refractivity contribution in [1.29, 1.82) is 0 Å². The van der Waals surface area contributed by atoms with Crippen molar-refractivity contribution in [2.75, 3.05) is 10.0 Å². The number of aromatic carboxylic acids is 1. The smallest absolute Gasteiger partial charge is 0.335 e. The number of para-hydroxylation sites is 1. The summed E-state index contributed by atoms with van der Waals surface area (Å²) in [5.41, 5.74) is 0.801. The summed E-state index contributed by atoms with van der Waals surface area (Å²) in [4.78, 5) is 11.3. The Bertz CT molecular complexity index is 876. The normalized spacial score (nSPS) is 15.4. The van der Waals surface area contributed by atoms with Crippen molar-refractivity contribution < 1.29 is 18.3 Å². The van der Waals surface area contributed by atoms with E-state index in [-0.39, 0.29) is 16.5 Å². The summed E-state index contributed by atoms with van der Waals surface area (Å²) in [6, 6.07) is 12.9. The number of rotatable bonds is 6. The maximum absolute atomic E-state index is 12.9. The standard InChI is InChI=1S/C19H22N2O4S/c22-19(23)14-11-12-17(20-15-7-3-1-4-8-15)18(13-14)26(24,25)21-16-9-5-2-6-10-16/h2,5-6,9-13,15,20-21H,1,3-4,7-8H2,(H,22,23). The Balaban J connectivity index is 1.95. The Hall–Kier alpha value is -2.54. The highest BCUT2D eigenvalue weighted by Gasteiger charge is 2.23. The molecule has 2 aromatic rings. The molecule has 6 nitrogen and oxygen atoms in total. The van der Waals surface area contributed by atoms with E-state index in [0.717, 1.165) is 25.7 Å². The molecule has 1 aliphatic rings. The first-order valence-corrected chi connectivity index (χ1v) is 10.2. The molecule has 7 heteroatoms. The van der Waals surface area contributed by atoms with Gasteiger partial charge in [0.15, 0.2) is 0 Å². The van der Waals surface area contributed by atoms with Crippen LogP contribution in [0.4, 0.5) is 11.4 Å². The summed E-state index contributed by atoms with van der Waals surface area (Å²) < 4.78 is 28.3. The molecule has 1 fully saturated rings. The van der Waals surface area contributed by atoms with E-state index in [2.05, 4.69) is 10.0 Å². The summed E-state index contributed by atoms with van der Waals surface area (Å²) >= 11 is 0. The molecule has 3 rings (SSSR count). The lowest BCUT2D eigenvalue weighted by molar-refractivity contribution is 0.0696. The number of anilines is 2. The third kappa shape index (κ3) is 4.35. The van der Waals surface area contributed by atoms with Crippen molar-refractivity contribution in [2.45, 2.75) is 43.0 Å². The maximum Gasteiger partial charge on any atom is 0.335 e. The quantitative estimate of drug-likeness (QED) is 0.712. The van der Waals surface area contributed by atoms with Crippen molar-refractivity contribution in [3.8, 4) is 0 Å². The highest BCUT2D eigenvalue weighted by Crippen LogP contribution is 2.29. The minimum Gasteiger partial charge on any atom is -0.478 e. The number of carboxylic acids is 1. The molecule has 26 heavy (non-hydrogen) atoms. The summed E-state index contributed by atoms with van der Waals surface area (Å²) in [6.07, 6.45) is 5.36. The van der Waals surface area contributed by atoms with Crippen LogP contribution < -0.4 is 10.0 Å². The minimum atomic E-state index is -3.93. The van der Waals surface area contributed by atoms with E-state index in [0.29, 0.717) is 11.4 Å². The van der Waals surface area contributed by atoms with E-state index in [1.807, 2.05) is 0 Å². The molecule has 0 aromatic heterocycles. The summed E-state index contributed by atoms with van der Waals surface area (Å²) in [7, 11) is -3.93. The zero-order valence-corrected chi connectivity index (χ0v) is 15.1. The van der Waals surface area contributed by atoms with Gasteiger partial charge in [0.05, 0.1) is 11.3 Å². The molecule has 0 radical (unpaired) electrons. The summed E-state index contributed by atoms with van der Waals surface area (Å²) in [6.45, 7) is 0. The SMILES string of the molecule is O=C(O)c1ccc(NC2CCCCC2)c(S(=O)(=O)Nc2ccccc2)c1. The molecule has 3 N–H and O–H groups in total. The van der Waals surface area contributed by atoms with Crippen molar-refractivity contribution in [3.05, 3.63) is 54.1 Å². The maximum atomic E-state index is 12.9. The number of carboxylic acid groups (broad SMARTS) is 1.